The van der Waals surface area contributed by atoms with Gasteiger partial charge in [0.25, 0.3) is 0 Å². The Morgan fingerprint density at radius 3 is 3.00 bits per heavy atom. The third-order valence-electron chi connectivity index (χ3n) is 4.57. The fraction of sp³-hybridized carbons (Fsp3) is 0.333. The summed E-state index contributed by atoms with van der Waals surface area (Å²) in [5.41, 5.74) is 4.49. The van der Waals surface area contributed by atoms with Gasteiger partial charge in [-0.05, 0) is 42.7 Å². The van der Waals surface area contributed by atoms with E-state index >= 15 is 0 Å². The van der Waals surface area contributed by atoms with Gasteiger partial charge in [-0.15, -0.1) is 11.3 Å². The second-order valence-electron chi connectivity index (χ2n) is 6.79. The van der Waals surface area contributed by atoms with Gasteiger partial charge in [0.05, 0.1) is 22.3 Å². The van der Waals surface area contributed by atoms with Crippen molar-refractivity contribution in [2.45, 2.75) is 39.2 Å². The Morgan fingerprint density at radius 2 is 2.19 bits per heavy atom. The van der Waals surface area contributed by atoms with Gasteiger partial charge >= 0.3 is 0 Å². The minimum atomic E-state index is -0.0132. The van der Waals surface area contributed by atoms with Gasteiger partial charge < -0.3 is 10.1 Å². The predicted molar refractivity (Wildman–Crippen MR) is 106 cm³/mol. The molecule has 2 aromatic carbocycles. The molecule has 5 heteroatoms. The number of carbonyl (C=O) groups is 1. The summed E-state index contributed by atoms with van der Waals surface area (Å²) in [7, 11) is 0. The molecule has 3 aromatic rings. The number of fused-ring (bicyclic) bond motifs is 2. The molecule has 0 unspecified atom stereocenters. The number of para-hydroxylation sites is 1. The third kappa shape index (κ3) is 3.31. The minimum Gasteiger partial charge on any atom is -0.487 e. The maximum atomic E-state index is 11.7. The number of nitrogens with zero attached hydrogens (tertiary/aromatic N) is 1. The molecule has 0 saturated heterocycles. The van der Waals surface area contributed by atoms with E-state index in [9.17, 15) is 4.79 Å². The number of rotatable bonds is 5. The van der Waals surface area contributed by atoms with Crippen LogP contribution in [0.15, 0.2) is 36.4 Å². The average molecular weight is 366 g/mol. The van der Waals surface area contributed by atoms with Crippen molar-refractivity contribution in [1.29, 1.82) is 0 Å². The van der Waals surface area contributed by atoms with Crippen LogP contribution in [0.25, 0.3) is 20.8 Å². The van der Waals surface area contributed by atoms with Crippen LogP contribution < -0.4 is 10.1 Å². The maximum absolute atomic E-state index is 11.7. The number of amides is 1. The van der Waals surface area contributed by atoms with E-state index in [-0.39, 0.29) is 12.0 Å². The van der Waals surface area contributed by atoms with Crippen molar-refractivity contribution in [3.8, 4) is 16.3 Å². The number of aryl methyl sites for hydroxylation is 1. The Balaban J connectivity index is 1.61. The van der Waals surface area contributed by atoms with Gasteiger partial charge in [-0.1, -0.05) is 25.1 Å². The summed E-state index contributed by atoms with van der Waals surface area (Å²) in [6.07, 6.45) is 2.23. The van der Waals surface area contributed by atoms with E-state index in [1.807, 2.05) is 25.1 Å². The van der Waals surface area contributed by atoms with Gasteiger partial charge in [-0.25, -0.2) is 4.98 Å². The first-order valence-electron chi connectivity index (χ1n) is 9.07. The minimum absolute atomic E-state index is 0.0132. The lowest BCUT2D eigenvalue weighted by molar-refractivity contribution is -0.121. The maximum Gasteiger partial charge on any atom is 0.220 e. The highest BCUT2D eigenvalue weighted by molar-refractivity contribution is 7.21. The molecule has 1 aromatic heterocycles. The van der Waals surface area contributed by atoms with Crippen LogP contribution in [0.1, 0.15) is 30.9 Å². The second-order valence-corrected chi connectivity index (χ2v) is 7.82. The lowest BCUT2D eigenvalue weighted by Crippen LogP contribution is -2.34. The van der Waals surface area contributed by atoms with Crippen molar-refractivity contribution in [2.75, 3.05) is 6.54 Å². The molecule has 26 heavy (non-hydrogen) atoms. The molecule has 4 rings (SSSR count). The third-order valence-corrected chi connectivity index (χ3v) is 5.64. The van der Waals surface area contributed by atoms with Gasteiger partial charge in [-0.3, -0.25) is 4.79 Å². The highest BCUT2D eigenvalue weighted by Crippen LogP contribution is 2.42. The summed E-state index contributed by atoms with van der Waals surface area (Å²) in [5.74, 6) is 1.01. The van der Waals surface area contributed by atoms with Crippen molar-refractivity contribution in [2.24, 2.45) is 0 Å². The van der Waals surface area contributed by atoms with E-state index in [2.05, 4.69) is 30.4 Å². The van der Waals surface area contributed by atoms with Crippen molar-refractivity contribution >= 4 is 27.5 Å². The van der Waals surface area contributed by atoms with Crippen LogP contribution in [0.4, 0.5) is 0 Å². The van der Waals surface area contributed by atoms with Crippen LogP contribution in [0.2, 0.25) is 0 Å². The van der Waals surface area contributed by atoms with Crippen molar-refractivity contribution in [1.82, 2.24) is 10.3 Å². The normalized spacial score (nSPS) is 15.7. The summed E-state index contributed by atoms with van der Waals surface area (Å²) >= 11 is 1.69. The van der Waals surface area contributed by atoms with Gasteiger partial charge in [0.15, 0.2) is 0 Å². The SMILES string of the molecule is CCCC(=O)NC[C@@H]1Cc2cc(C)cc(-c3nc4ccccc4s3)c2O1. The standard InChI is InChI=1S/C21H22N2O2S/c1-3-6-19(24)22-12-15-11-14-9-13(2)10-16(20(14)25-15)21-23-17-7-4-5-8-18(17)26-21/h4-5,7-10,15H,3,6,11-12H2,1-2H3,(H,22,24)/t15-/m0/s1. The zero-order valence-corrected chi connectivity index (χ0v) is 15.9. The molecule has 0 spiro atoms. The number of carbonyl (C=O) groups excluding carboxylic acids is 1. The zero-order valence-electron chi connectivity index (χ0n) is 15.0. The average Bonchev–Trinajstić information content (AvgIpc) is 3.23. The second kappa shape index (κ2) is 7.08. The van der Waals surface area contributed by atoms with Gasteiger partial charge in [-0.2, -0.15) is 0 Å². The molecule has 0 radical (unpaired) electrons. The summed E-state index contributed by atoms with van der Waals surface area (Å²) in [6, 6.07) is 12.5. The number of hydrogen-bond acceptors (Lipinski definition) is 4. The molecule has 0 fully saturated rings. The van der Waals surface area contributed by atoms with E-state index in [0.29, 0.717) is 13.0 Å². The molecule has 1 atom stereocenters. The van der Waals surface area contributed by atoms with Crippen molar-refractivity contribution in [3.05, 3.63) is 47.5 Å². The monoisotopic (exact) mass is 366 g/mol. The molecule has 2 heterocycles. The van der Waals surface area contributed by atoms with Crippen LogP contribution in [0, 0.1) is 6.92 Å². The number of nitrogens with one attached hydrogen (secondary N) is 1. The molecule has 1 N–H and O–H groups in total. The molecule has 1 amide bonds. The molecule has 0 saturated carbocycles. The number of thiazole rings is 1. The zero-order chi connectivity index (χ0) is 18.1. The van der Waals surface area contributed by atoms with Crippen LogP contribution in [-0.4, -0.2) is 23.5 Å². The van der Waals surface area contributed by atoms with Crippen molar-refractivity contribution in [3.63, 3.8) is 0 Å². The number of ether oxygens (including phenoxy) is 1. The molecular formula is C21H22N2O2S. The van der Waals surface area contributed by atoms with Crippen LogP contribution >= 0.6 is 11.3 Å². The lowest BCUT2D eigenvalue weighted by atomic mass is 10.0. The van der Waals surface area contributed by atoms with E-state index in [4.69, 9.17) is 9.72 Å². The predicted octanol–water partition coefficient (Wildman–Crippen LogP) is 4.49. The first-order valence-corrected chi connectivity index (χ1v) is 9.88. The van der Waals surface area contributed by atoms with Crippen LogP contribution in [0.5, 0.6) is 5.75 Å². The van der Waals surface area contributed by atoms with Gasteiger partial charge in [0.2, 0.25) is 5.91 Å². The Bertz CT molecular complexity index is 931. The molecule has 4 nitrogen and oxygen atoms in total. The van der Waals surface area contributed by atoms with Crippen LogP contribution in [-0.2, 0) is 11.2 Å². The Labute approximate surface area is 157 Å². The first kappa shape index (κ1) is 17.0. The molecular weight excluding hydrogens is 344 g/mol. The van der Waals surface area contributed by atoms with E-state index < -0.39 is 0 Å². The smallest absolute Gasteiger partial charge is 0.220 e. The number of benzene rings is 2. The van der Waals surface area contributed by atoms with Gasteiger partial charge in [0, 0.05) is 12.8 Å². The summed E-state index contributed by atoms with van der Waals surface area (Å²) in [4.78, 5) is 16.5. The number of aromatic nitrogens is 1. The van der Waals surface area contributed by atoms with E-state index in [1.165, 1.54) is 15.8 Å². The quantitative estimate of drug-likeness (QED) is 0.724. The molecule has 1 aliphatic rings. The van der Waals surface area contributed by atoms with Gasteiger partial charge in [0.1, 0.15) is 16.9 Å². The molecule has 1 aliphatic heterocycles. The summed E-state index contributed by atoms with van der Waals surface area (Å²) in [5, 5.41) is 3.97. The first-order chi connectivity index (χ1) is 12.6. The Kier molecular flexibility index (Phi) is 4.64. The fourth-order valence-corrected chi connectivity index (χ4v) is 4.37. The Morgan fingerprint density at radius 1 is 1.35 bits per heavy atom. The molecule has 134 valence electrons. The summed E-state index contributed by atoms with van der Waals surface area (Å²) < 4.78 is 7.40. The highest BCUT2D eigenvalue weighted by Gasteiger charge is 2.27. The highest BCUT2D eigenvalue weighted by atomic mass is 32.1. The Hall–Kier alpha value is -2.40. The molecule has 0 bridgehead atoms. The number of hydrogen-bond donors (Lipinski definition) is 1. The molecule has 0 aliphatic carbocycles. The van der Waals surface area contributed by atoms with Crippen molar-refractivity contribution < 1.29 is 9.53 Å². The van der Waals surface area contributed by atoms with Crippen LogP contribution in [0.3, 0.4) is 0 Å². The largest absolute Gasteiger partial charge is 0.487 e. The topological polar surface area (TPSA) is 51.2 Å². The van der Waals surface area contributed by atoms with E-state index in [1.54, 1.807) is 11.3 Å². The fourth-order valence-electron chi connectivity index (χ4n) is 3.40. The van der Waals surface area contributed by atoms with E-state index in [0.717, 1.165) is 34.7 Å². The summed E-state index contributed by atoms with van der Waals surface area (Å²) in [6.45, 7) is 4.66. The lowest BCUT2D eigenvalue weighted by Gasteiger charge is -2.13.